The average Bonchev–Trinajstić information content (AvgIpc) is 2.46. The molecule has 0 radical (unpaired) electrons. The molecule has 3 nitrogen and oxygen atoms in total. The summed E-state index contributed by atoms with van der Waals surface area (Å²) < 4.78 is 6.10. The van der Waals surface area contributed by atoms with E-state index in [2.05, 4.69) is 13.8 Å². The van der Waals surface area contributed by atoms with Crippen LogP contribution in [0.1, 0.15) is 67.1 Å². The standard InChI is InChI=1S/C18H22O3/c1-17(2)4-3-5-18-10-21-15(8-16(17)18)12-6-11(9-19)14(20)7-13(12)18/h6-7,9,15-16,20H,3-5,8,10H2,1-2H3. The minimum absolute atomic E-state index is 0.0325. The van der Waals surface area contributed by atoms with E-state index in [0.29, 0.717) is 16.9 Å². The molecule has 5 rings (SSSR count). The van der Waals surface area contributed by atoms with E-state index in [1.807, 2.05) is 12.1 Å². The van der Waals surface area contributed by atoms with Crippen molar-refractivity contribution < 1.29 is 14.6 Å². The molecule has 2 heterocycles. The molecule has 21 heavy (non-hydrogen) atoms. The lowest BCUT2D eigenvalue weighted by Gasteiger charge is -2.60. The van der Waals surface area contributed by atoms with Gasteiger partial charge in [0.15, 0.2) is 6.29 Å². The van der Waals surface area contributed by atoms with Crippen molar-refractivity contribution in [2.24, 2.45) is 11.3 Å². The summed E-state index contributed by atoms with van der Waals surface area (Å²) in [6.07, 6.45) is 5.46. The molecular formula is C18H22O3. The van der Waals surface area contributed by atoms with Crippen molar-refractivity contribution in [3.63, 3.8) is 0 Å². The molecule has 3 atom stereocenters. The van der Waals surface area contributed by atoms with Gasteiger partial charge in [-0.2, -0.15) is 0 Å². The van der Waals surface area contributed by atoms with Gasteiger partial charge in [-0.05, 0) is 53.9 Å². The summed E-state index contributed by atoms with van der Waals surface area (Å²) >= 11 is 0. The van der Waals surface area contributed by atoms with Crippen LogP contribution in [-0.4, -0.2) is 18.0 Å². The highest BCUT2D eigenvalue weighted by Gasteiger charge is 2.58. The highest BCUT2D eigenvalue weighted by Crippen LogP contribution is 2.63. The second-order valence-corrected chi connectivity index (χ2v) is 7.70. The normalized spacial score (nSPS) is 35.9. The number of aromatic hydroxyl groups is 1. The summed E-state index contributed by atoms with van der Waals surface area (Å²) in [5.74, 6) is 0.722. The maximum absolute atomic E-state index is 11.1. The van der Waals surface area contributed by atoms with E-state index < -0.39 is 0 Å². The van der Waals surface area contributed by atoms with Crippen LogP contribution in [0.15, 0.2) is 12.1 Å². The first-order valence-corrected chi connectivity index (χ1v) is 7.92. The van der Waals surface area contributed by atoms with Crippen LogP contribution in [0.4, 0.5) is 0 Å². The number of phenols is 1. The summed E-state index contributed by atoms with van der Waals surface area (Å²) in [5, 5.41) is 10.1. The fourth-order valence-corrected chi connectivity index (χ4v) is 5.24. The van der Waals surface area contributed by atoms with Gasteiger partial charge >= 0.3 is 0 Å². The number of phenolic OH excluding ortho intramolecular Hbond substituents is 1. The molecule has 1 spiro atoms. The smallest absolute Gasteiger partial charge is 0.153 e. The zero-order valence-corrected chi connectivity index (χ0v) is 12.7. The van der Waals surface area contributed by atoms with E-state index in [1.54, 1.807) is 0 Å². The Morgan fingerprint density at radius 3 is 2.90 bits per heavy atom. The summed E-state index contributed by atoms with van der Waals surface area (Å²) in [6.45, 7) is 5.51. The van der Waals surface area contributed by atoms with Crippen LogP contribution in [-0.2, 0) is 10.2 Å². The number of carbonyl (C=O) groups is 1. The van der Waals surface area contributed by atoms with E-state index in [9.17, 15) is 9.90 Å². The predicted octanol–water partition coefficient (Wildman–Crippen LogP) is 3.74. The lowest BCUT2D eigenvalue weighted by Crippen LogP contribution is -2.56. The molecular weight excluding hydrogens is 264 g/mol. The molecule has 4 aliphatic rings. The van der Waals surface area contributed by atoms with Gasteiger partial charge in [0.1, 0.15) is 5.75 Å². The Kier molecular flexibility index (Phi) is 2.60. The summed E-state index contributed by atoms with van der Waals surface area (Å²) in [6, 6.07) is 3.70. The lowest BCUT2D eigenvalue weighted by molar-refractivity contribution is -0.136. The van der Waals surface area contributed by atoms with Gasteiger partial charge in [0.2, 0.25) is 0 Å². The van der Waals surface area contributed by atoms with Gasteiger partial charge in [0.05, 0.1) is 18.3 Å². The predicted molar refractivity (Wildman–Crippen MR) is 79.6 cm³/mol. The van der Waals surface area contributed by atoms with Gasteiger partial charge < -0.3 is 9.84 Å². The zero-order valence-electron chi connectivity index (χ0n) is 12.7. The maximum Gasteiger partial charge on any atom is 0.153 e. The lowest BCUT2D eigenvalue weighted by atomic mass is 9.48. The minimum Gasteiger partial charge on any atom is -0.507 e. The van der Waals surface area contributed by atoms with E-state index in [4.69, 9.17) is 4.74 Å². The largest absolute Gasteiger partial charge is 0.507 e. The molecule has 2 aliphatic carbocycles. The summed E-state index contributed by atoms with van der Waals surface area (Å²) in [7, 11) is 0. The number of benzene rings is 1. The molecule has 112 valence electrons. The van der Waals surface area contributed by atoms with Crippen molar-refractivity contribution in [2.45, 2.75) is 51.0 Å². The first-order chi connectivity index (χ1) is 9.98. The third-order valence-corrected chi connectivity index (χ3v) is 6.26. The maximum atomic E-state index is 11.1. The van der Waals surface area contributed by atoms with E-state index >= 15 is 0 Å². The van der Waals surface area contributed by atoms with Crippen LogP contribution in [0.2, 0.25) is 0 Å². The van der Waals surface area contributed by atoms with Crippen molar-refractivity contribution in [2.75, 3.05) is 6.61 Å². The molecule has 1 aromatic rings. The average molecular weight is 286 g/mol. The van der Waals surface area contributed by atoms with Crippen LogP contribution < -0.4 is 0 Å². The zero-order chi connectivity index (χ0) is 14.8. The molecule has 2 fully saturated rings. The Hall–Kier alpha value is -1.35. The van der Waals surface area contributed by atoms with Crippen LogP contribution in [0, 0.1) is 11.3 Å². The number of aldehydes is 1. The van der Waals surface area contributed by atoms with Crippen LogP contribution in [0.5, 0.6) is 5.75 Å². The highest BCUT2D eigenvalue weighted by molar-refractivity contribution is 5.80. The molecule has 2 bridgehead atoms. The van der Waals surface area contributed by atoms with Crippen molar-refractivity contribution in [3.05, 3.63) is 28.8 Å². The Morgan fingerprint density at radius 1 is 1.33 bits per heavy atom. The number of ether oxygens (including phenoxy) is 1. The molecule has 1 saturated carbocycles. The van der Waals surface area contributed by atoms with Gasteiger partial charge in [0.25, 0.3) is 0 Å². The van der Waals surface area contributed by atoms with Crippen molar-refractivity contribution in [1.29, 1.82) is 0 Å². The number of hydrogen-bond acceptors (Lipinski definition) is 3. The van der Waals surface area contributed by atoms with E-state index in [-0.39, 0.29) is 17.3 Å². The Morgan fingerprint density at radius 2 is 2.14 bits per heavy atom. The van der Waals surface area contributed by atoms with Crippen molar-refractivity contribution in [3.8, 4) is 5.75 Å². The fourth-order valence-electron chi connectivity index (χ4n) is 5.24. The fraction of sp³-hybridized carbons (Fsp3) is 0.611. The van der Waals surface area contributed by atoms with Gasteiger partial charge in [-0.15, -0.1) is 0 Å². The highest BCUT2D eigenvalue weighted by atomic mass is 16.5. The number of rotatable bonds is 1. The number of fused-ring (bicyclic) bond motifs is 1. The molecule has 3 heteroatoms. The minimum atomic E-state index is 0.0325. The van der Waals surface area contributed by atoms with Crippen molar-refractivity contribution in [1.82, 2.24) is 0 Å². The molecule has 0 aromatic heterocycles. The van der Waals surface area contributed by atoms with Gasteiger partial charge in [-0.1, -0.05) is 20.3 Å². The third kappa shape index (κ3) is 1.61. The third-order valence-electron chi connectivity index (χ3n) is 6.26. The molecule has 0 amide bonds. The Balaban J connectivity index is 1.93. The Bertz CT molecular complexity index is 619. The number of carbonyl (C=O) groups excluding carboxylic acids is 1. The van der Waals surface area contributed by atoms with Crippen LogP contribution in [0.3, 0.4) is 0 Å². The van der Waals surface area contributed by atoms with Crippen LogP contribution in [0.25, 0.3) is 0 Å². The van der Waals surface area contributed by atoms with E-state index in [1.165, 1.54) is 18.4 Å². The molecule has 1 N–H and O–H groups in total. The van der Waals surface area contributed by atoms with Gasteiger partial charge in [-0.25, -0.2) is 0 Å². The van der Waals surface area contributed by atoms with Crippen LogP contribution >= 0.6 is 0 Å². The first-order valence-electron chi connectivity index (χ1n) is 7.92. The van der Waals surface area contributed by atoms with Gasteiger partial charge in [-0.3, -0.25) is 4.79 Å². The summed E-state index contributed by atoms with van der Waals surface area (Å²) in [4.78, 5) is 11.1. The molecule has 2 aliphatic heterocycles. The molecule has 1 saturated heterocycles. The topological polar surface area (TPSA) is 46.5 Å². The number of hydrogen-bond donors (Lipinski definition) is 1. The van der Waals surface area contributed by atoms with Gasteiger partial charge in [0, 0.05) is 5.41 Å². The molecule has 3 unspecified atom stereocenters. The Labute approximate surface area is 125 Å². The van der Waals surface area contributed by atoms with E-state index in [0.717, 1.165) is 31.3 Å². The monoisotopic (exact) mass is 286 g/mol. The van der Waals surface area contributed by atoms with Crippen molar-refractivity contribution >= 4 is 6.29 Å². The SMILES string of the molecule is CC1(C)CCCC23COC(CC12)c1cc(C=O)c(O)cc13. The first kappa shape index (κ1) is 13.3. The molecule has 1 aromatic carbocycles. The summed E-state index contributed by atoms with van der Waals surface area (Å²) in [5.41, 5.74) is 3.11. The second-order valence-electron chi connectivity index (χ2n) is 7.70. The quantitative estimate of drug-likeness (QED) is 0.800. The second kappa shape index (κ2) is 4.10.